The van der Waals surface area contributed by atoms with E-state index in [-0.39, 0.29) is 25.2 Å². The van der Waals surface area contributed by atoms with E-state index in [2.05, 4.69) is 0 Å². The fraction of sp³-hybridized carbons (Fsp3) is 0.462. The normalized spacial score (nSPS) is 11.2. The molecule has 0 heterocycles. The second kappa shape index (κ2) is 6.45. The summed E-state index contributed by atoms with van der Waals surface area (Å²) in [5.74, 6) is -0.312. The van der Waals surface area contributed by atoms with E-state index in [1.807, 2.05) is 0 Å². The molecule has 0 aliphatic heterocycles. The van der Waals surface area contributed by atoms with E-state index in [4.69, 9.17) is 9.47 Å². The molecule has 0 atom stereocenters. The molecular weight excluding hydrogens is 261 g/mol. The largest absolute Gasteiger partial charge is 0.497 e. The molecule has 0 saturated heterocycles. The number of aryl methyl sites for hydroxylation is 1. The Labute approximate surface area is 109 Å². The van der Waals surface area contributed by atoms with Crippen LogP contribution in [0.15, 0.2) is 18.2 Å². The summed E-state index contributed by atoms with van der Waals surface area (Å²) in [6.45, 7) is 1.93. The number of benzene rings is 1. The maximum absolute atomic E-state index is 12.7. The molecule has 1 rings (SSSR count). The van der Waals surface area contributed by atoms with Crippen molar-refractivity contribution in [3.05, 3.63) is 29.3 Å². The molecule has 106 valence electrons. The summed E-state index contributed by atoms with van der Waals surface area (Å²) >= 11 is 0. The average Bonchev–Trinajstić information content (AvgIpc) is 2.35. The van der Waals surface area contributed by atoms with Gasteiger partial charge in [0.25, 0.3) is 0 Å². The summed E-state index contributed by atoms with van der Waals surface area (Å²) in [7, 11) is 1.30. The van der Waals surface area contributed by atoms with Crippen LogP contribution in [-0.2, 0) is 22.1 Å². The molecule has 0 aliphatic rings. The minimum Gasteiger partial charge on any atom is -0.497 e. The number of esters is 1. The molecule has 0 aromatic heterocycles. The second-order valence-corrected chi connectivity index (χ2v) is 3.87. The lowest BCUT2D eigenvalue weighted by atomic mass is 10.1. The van der Waals surface area contributed by atoms with Gasteiger partial charge in [-0.2, -0.15) is 13.2 Å². The SMILES string of the molecule is CCOC(=O)CCc1cc(OC)cc(C(F)(F)F)c1. The lowest BCUT2D eigenvalue weighted by molar-refractivity contribution is -0.143. The van der Waals surface area contributed by atoms with E-state index in [0.717, 1.165) is 12.1 Å². The van der Waals surface area contributed by atoms with Crippen LogP contribution >= 0.6 is 0 Å². The minimum absolute atomic E-state index is 0.0400. The summed E-state index contributed by atoms with van der Waals surface area (Å²) in [5, 5.41) is 0. The van der Waals surface area contributed by atoms with Crippen LogP contribution in [0.3, 0.4) is 0 Å². The first-order valence-corrected chi connectivity index (χ1v) is 5.77. The van der Waals surface area contributed by atoms with Gasteiger partial charge in [-0.15, -0.1) is 0 Å². The smallest absolute Gasteiger partial charge is 0.416 e. The first-order valence-electron chi connectivity index (χ1n) is 5.77. The van der Waals surface area contributed by atoms with Crippen molar-refractivity contribution in [1.29, 1.82) is 0 Å². The van der Waals surface area contributed by atoms with Crippen LogP contribution in [0.25, 0.3) is 0 Å². The lowest BCUT2D eigenvalue weighted by Gasteiger charge is -2.11. The molecule has 6 heteroatoms. The number of carbonyl (C=O) groups excluding carboxylic acids is 1. The topological polar surface area (TPSA) is 35.5 Å². The Morgan fingerprint density at radius 1 is 1.26 bits per heavy atom. The first kappa shape index (κ1) is 15.3. The lowest BCUT2D eigenvalue weighted by Crippen LogP contribution is -2.08. The van der Waals surface area contributed by atoms with Gasteiger partial charge in [-0.25, -0.2) is 0 Å². The Morgan fingerprint density at radius 2 is 1.95 bits per heavy atom. The quantitative estimate of drug-likeness (QED) is 0.775. The Balaban J connectivity index is 2.86. The molecule has 0 spiro atoms. The zero-order valence-electron chi connectivity index (χ0n) is 10.7. The van der Waals surface area contributed by atoms with Crippen molar-refractivity contribution in [3.63, 3.8) is 0 Å². The second-order valence-electron chi connectivity index (χ2n) is 3.87. The minimum atomic E-state index is -4.44. The highest BCUT2D eigenvalue weighted by Crippen LogP contribution is 2.32. The maximum atomic E-state index is 12.7. The highest BCUT2D eigenvalue weighted by Gasteiger charge is 2.31. The molecule has 0 bridgehead atoms. The van der Waals surface area contributed by atoms with E-state index >= 15 is 0 Å². The molecule has 1 aromatic rings. The Hall–Kier alpha value is -1.72. The number of methoxy groups -OCH3 is 1. The molecular formula is C13H15F3O3. The summed E-state index contributed by atoms with van der Waals surface area (Å²) < 4.78 is 47.5. The highest BCUT2D eigenvalue weighted by molar-refractivity contribution is 5.69. The predicted molar refractivity (Wildman–Crippen MR) is 63.0 cm³/mol. The van der Waals surface area contributed by atoms with Crippen molar-refractivity contribution in [2.75, 3.05) is 13.7 Å². The van der Waals surface area contributed by atoms with Crippen LogP contribution < -0.4 is 4.74 Å². The van der Waals surface area contributed by atoms with Crippen molar-refractivity contribution >= 4 is 5.97 Å². The van der Waals surface area contributed by atoms with Gasteiger partial charge in [0, 0.05) is 6.42 Å². The van der Waals surface area contributed by atoms with Crippen LogP contribution in [-0.4, -0.2) is 19.7 Å². The molecule has 0 aliphatic carbocycles. The van der Waals surface area contributed by atoms with Crippen LogP contribution in [0.1, 0.15) is 24.5 Å². The standard InChI is InChI=1S/C13H15F3O3/c1-3-19-12(17)5-4-9-6-10(13(14,15)16)8-11(7-9)18-2/h6-8H,3-5H2,1-2H3. The molecule has 0 unspecified atom stereocenters. The number of ether oxygens (including phenoxy) is 2. The fourth-order valence-electron chi connectivity index (χ4n) is 1.57. The summed E-state index contributed by atoms with van der Waals surface area (Å²) in [4.78, 5) is 11.2. The maximum Gasteiger partial charge on any atom is 0.416 e. The monoisotopic (exact) mass is 276 g/mol. The molecule has 0 amide bonds. The average molecular weight is 276 g/mol. The highest BCUT2D eigenvalue weighted by atomic mass is 19.4. The van der Waals surface area contributed by atoms with Gasteiger partial charge in [0.15, 0.2) is 0 Å². The summed E-state index contributed by atoms with van der Waals surface area (Å²) in [5.41, 5.74) is -0.398. The molecule has 0 fully saturated rings. The van der Waals surface area contributed by atoms with Crippen molar-refractivity contribution < 1.29 is 27.4 Å². The van der Waals surface area contributed by atoms with E-state index < -0.39 is 17.7 Å². The van der Waals surface area contributed by atoms with Crippen LogP contribution in [0.2, 0.25) is 0 Å². The third-order valence-electron chi connectivity index (χ3n) is 2.45. The Bertz CT molecular complexity index is 441. The predicted octanol–water partition coefficient (Wildman–Crippen LogP) is 3.21. The van der Waals surface area contributed by atoms with Gasteiger partial charge < -0.3 is 9.47 Å². The van der Waals surface area contributed by atoms with E-state index in [0.29, 0.717) is 5.56 Å². The molecule has 0 saturated carbocycles. The Kier molecular flexibility index (Phi) is 5.20. The zero-order chi connectivity index (χ0) is 14.5. The van der Waals surface area contributed by atoms with Crippen molar-refractivity contribution in [2.45, 2.75) is 25.9 Å². The number of alkyl halides is 3. The van der Waals surface area contributed by atoms with E-state index in [9.17, 15) is 18.0 Å². The van der Waals surface area contributed by atoms with Crippen LogP contribution in [0.5, 0.6) is 5.75 Å². The van der Waals surface area contributed by atoms with Crippen LogP contribution in [0.4, 0.5) is 13.2 Å². The van der Waals surface area contributed by atoms with Crippen molar-refractivity contribution in [1.82, 2.24) is 0 Å². The van der Waals surface area contributed by atoms with Gasteiger partial charge in [0.05, 0.1) is 19.3 Å². The number of halogens is 3. The molecule has 0 radical (unpaired) electrons. The third kappa shape index (κ3) is 4.81. The van der Waals surface area contributed by atoms with Crippen LogP contribution in [0, 0.1) is 0 Å². The summed E-state index contributed by atoms with van der Waals surface area (Å²) in [6.07, 6.45) is -4.22. The van der Waals surface area contributed by atoms with Gasteiger partial charge in [0.1, 0.15) is 5.75 Å². The fourth-order valence-corrected chi connectivity index (χ4v) is 1.57. The van der Waals surface area contributed by atoms with Crippen molar-refractivity contribution in [2.24, 2.45) is 0 Å². The molecule has 0 N–H and O–H groups in total. The Morgan fingerprint density at radius 3 is 2.47 bits per heavy atom. The van der Waals surface area contributed by atoms with Gasteiger partial charge in [-0.3, -0.25) is 4.79 Å². The molecule has 19 heavy (non-hydrogen) atoms. The van der Waals surface area contributed by atoms with E-state index in [1.54, 1.807) is 6.92 Å². The third-order valence-corrected chi connectivity index (χ3v) is 2.45. The molecule has 1 aromatic carbocycles. The number of hydrogen-bond acceptors (Lipinski definition) is 3. The molecule has 3 nitrogen and oxygen atoms in total. The van der Waals surface area contributed by atoms with Gasteiger partial charge in [0.2, 0.25) is 0 Å². The summed E-state index contributed by atoms with van der Waals surface area (Å²) in [6, 6.07) is 3.42. The number of hydrogen-bond donors (Lipinski definition) is 0. The van der Waals surface area contributed by atoms with E-state index in [1.165, 1.54) is 13.2 Å². The van der Waals surface area contributed by atoms with Gasteiger partial charge >= 0.3 is 12.1 Å². The van der Waals surface area contributed by atoms with Gasteiger partial charge in [-0.1, -0.05) is 0 Å². The zero-order valence-corrected chi connectivity index (χ0v) is 10.7. The number of rotatable bonds is 5. The van der Waals surface area contributed by atoms with Crippen molar-refractivity contribution in [3.8, 4) is 5.75 Å². The number of carbonyl (C=O) groups is 1. The van der Waals surface area contributed by atoms with Gasteiger partial charge in [-0.05, 0) is 37.1 Å². The first-order chi connectivity index (χ1) is 8.86.